The summed E-state index contributed by atoms with van der Waals surface area (Å²) in [7, 11) is 0. The maximum absolute atomic E-state index is 12.1. The van der Waals surface area contributed by atoms with E-state index in [9.17, 15) is 20.1 Å². The number of aryl methyl sites for hydroxylation is 1. The Morgan fingerprint density at radius 3 is 2.06 bits per heavy atom. The maximum Gasteiger partial charge on any atom is 0.157 e. The van der Waals surface area contributed by atoms with Crippen LogP contribution in [0.25, 0.3) is 0 Å². The summed E-state index contributed by atoms with van der Waals surface area (Å²) in [6, 6.07) is 4.65. The Morgan fingerprint density at radius 2 is 1.44 bits per heavy atom. The van der Waals surface area contributed by atoms with Crippen LogP contribution < -0.4 is 0 Å². The number of phenols is 2. The molecule has 0 aliphatic rings. The summed E-state index contributed by atoms with van der Waals surface area (Å²) in [6.45, 7) is 2.26. The highest BCUT2D eigenvalue weighted by molar-refractivity contribution is 5.78. The lowest BCUT2D eigenvalue weighted by molar-refractivity contribution is -0.121. The van der Waals surface area contributed by atoms with Gasteiger partial charge in [-0.2, -0.15) is 0 Å². The molecule has 1 rings (SSSR count). The van der Waals surface area contributed by atoms with Crippen molar-refractivity contribution in [1.29, 1.82) is 0 Å². The minimum absolute atomic E-state index is 0.128. The molecule has 0 heterocycles. The molecule has 182 valence electrons. The largest absolute Gasteiger partial charge is 0.504 e. The fraction of sp³-hybridized carbons (Fsp3) is 0.679. The molecule has 0 fully saturated rings. The monoisotopic (exact) mass is 446 g/mol. The van der Waals surface area contributed by atoms with Gasteiger partial charge in [-0.25, -0.2) is 0 Å². The number of unbranched alkanes of at least 4 members (excludes halogenated alkanes) is 11. The van der Waals surface area contributed by atoms with Crippen LogP contribution >= 0.6 is 0 Å². The molecule has 1 aromatic rings. The first-order valence-corrected chi connectivity index (χ1v) is 12.9. The number of phenolic OH excluding ortho intramolecular Hbond substituents is 2. The van der Waals surface area contributed by atoms with E-state index in [1.165, 1.54) is 82.8 Å². The number of benzene rings is 1. The Bertz CT molecular complexity index is 638. The quantitative estimate of drug-likeness (QED) is 0.111. The van der Waals surface area contributed by atoms with Crippen LogP contribution in [-0.4, -0.2) is 27.2 Å². The molecule has 0 radical (unpaired) electrons. The van der Waals surface area contributed by atoms with Crippen molar-refractivity contribution in [2.45, 2.75) is 122 Å². The van der Waals surface area contributed by atoms with Gasteiger partial charge >= 0.3 is 0 Å². The van der Waals surface area contributed by atoms with Crippen LogP contribution in [0.4, 0.5) is 0 Å². The summed E-state index contributed by atoms with van der Waals surface area (Å²) in [4.78, 5) is 12.1. The average molecular weight is 447 g/mol. The molecule has 0 unspecified atom stereocenters. The molecule has 4 heteroatoms. The molecule has 0 saturated heterocycles. The smallest absolute Gasteiger partial charge is 0.157 e. The van der Waals surface area contributed by atoms with Crippen molar-refractivity contribution in [3.63, 3.8) is 0 Å². The summed E-state index contributed by atoms with van der Waals surface area (Å²) in [5, 5.41) is 28.9. The SMILES string of the molecule is CCCCCCCCC=CCCCCCCCC(=O)C[C@@H](O)CCc1ccc(O)c(O)c1. The third-order valence-corrected chi connectivity index (χ3v) is 5.99. The van der Waals surface area contributed by atoms with E-state index in [0.29, 0.717) is 19.3 Å². The molecule has 1 aromatic carbocycles. The summed E-state index contributed by atoms with van der Waals surface area (Å²) in [5.41, 5.74) is 0.837. The lowest BCUT2D eigenvalue weighted by Crippen LogP contribution is -2.14. The van der Waals surface area contributed by atoms with Gasteiger partial charge in [0.25, 0.3) is 0 Å². The first-order valence-electron chi connectivity index (χ1n) is 12.9. The van der Waals surface area contributed by atoms with E-state index in [2.05, 4.69) is 19.1 Å². The number of aliphatic hydroxyl groups excluding tert-OH is 1. The zero-order chi connectivity index (χ0) is 23.4. The van der Waals surface area contributed by atoms with E-state index in [1.54, 1.807) is 6.07 Å². The number of allylic oxidation sites excluding steroid dienone is 2. The fourth-order valence-corrected chi connectivity index (χ4v) is 3.92. The zero-order valence-corrected chi connectivity index (χ0v) is 20.2. The Morgan fingerprint density at radius 1 is 0.844 bits per heavy atom. The van der Waals surface area contributed by atoms with Crippen LogP contribution in [-0.2, 0) is 11.2 Å². The minimum atomic E-state index is -0.651. The second-order valence-electron chi connectivity index (χ2n) is 9.09. The standard InChI is InChI=1S/C28H46O4/c1-2-3-4-5-6-7-8-9-10-11-12-13-14-15-16-17-25(29)23-26(30)20-18-24-19-21-27(31)28(32)22-24/h9-10,19,21-22,26,30-32H,2-8,11-18,20,23H2,1H3/t26-/m0/s1. The Labute approximate surface area is 195 Å². The van der Waals surface area contributed by atoms with E-state index in [0.717, 1.165) is 18.4 Å². The number of carbonyl (C=O) groups excluding carboxylic acids is 1. The Balaban J connectivity index is 1.93. The Kier molecular flexibility index (Phi) is 16.5. The number of aromatic hydroxyl groups is 2. The zero-order valence-electron chi connectivity index (χ0n) is 20.2. The van der Waals surface area contributed by atoms with Gasteiger partial charge in [-0.15, -0.1) is 0 Å². The summed E-state index contributed by atoms with van der Waals surface area (Å²) >= 11 is 0. The van der Waals surface area contributed by atoms with Gasteiger partial charge in [-0.05, 0) is 62.6 Å². The van der Waals surface area contributed by atoms with Crippen molar-refractivity contribution in [2.24, 2.45) is 0 Å². The van der Waals surface area contributed by atoms with Crippen LogP contribution in [0, 0.1) is 0 Å². The third-order valence-electron chi connectivity index (χ3n) is 5.99. The van der Waals surface area contributed by atoms with Crippen LogP contribution in [0.5, 0.6) is 11.5 Å². The Hall–Kier alpha value is -1.81. The van der Waals surface area contributed by atoms with Gasteiger partial charge in [-0.3, -0.25) is 4.79 Å². The number of carbonyl (C=O) groups is 1. The molecular formula is C28H46O4. The molecular weight excluding hydrogens is 400 g/mol. The number of aliphatic hydroxyl groups is 1. The molecule has 0 saturated carbocycles. The molecule has 0 aliphatic heterocycles. The van der Waals surface area contributed by atoms with Gasteiger partial charge in [0.2, 0.25) is 0 Å². The fourth-order valence-electron chi connectivity index (χ4n) is 3.92. The predicted octanol–water partition coefficient (Wildman–Crippen LogP) is 7.39. The van der Waals surface area contributed by atoms with E-state index in [1.807, 2.05) is 0 Å². The second kappa shape index (κ2) is 18.7. The number of rotatable bonds is 20. The topological polar surface area (TPSA) is 77.8 Å². The summed E-state index contributed by atoms with van der Waals surface area (Å²) in [6.07, 6.45) is 22.0. The van der Waals surface area contributed by atoms with Crippen LogP contribution in [0.2, 0.25) is 0 Å². The highest BCUT2D eigenvalue weighted by Gasteiger charge is 2.11. The highest BCUT2D eigenvalue weighted by Crippen LogP contribution is 2.25. The molecule has 0 amide bonds. The second-order valence-corrected chi connectivity index (χ2v) is 9.09. The van der Waals surface area contributed by atoms with E-state index in [-0.39, 0.29) is 23.7 Å². The van der Waals surface area contributed by atoms with Crippen LogP contribution in [0.15, 0.2) is 30.4 Å². The van der Waals surface area contributed by atoms with Gasteiger partial charge in [0.05, 0.1) is 6.10 Å². The molecule has 0 spiro atoms. The van der Waals surface area contributed by atoms with Crippen molar-refractivity contribution in [2.75, 3.05) is 0 Å². The van der Waals surface area contributed by atoms with Crippen molar-refractivity contribution >= 4 is 5.78 Å². The first-order chi connectivity index (χ1) is 15.5. The summed E-state index contributed by atoms with van der Waals surface area (Å²) < 4.78 is 0. The molecule has 0 aliphatic carbocycles. The van der Waals surface area contributed by atoms with Crippen molar-refractivity contribution in [1.82, 2.24) is 0 Å². The van der Waals surface area contributed by atoms with Gasteiger partial charge in [0, 0.05) is 12.8 Å². The molecule has 32 heavy (non-hydrogen) atoms. The van der Waals surface area contributed by atoms with E-state index in [4.69, 9.17) is 0 Å². The molecule has 4 nitrogen and oxygen atoms in total. The van der Waals surface area contributed by atoms with Gasteiger partial charge in [-0.1, -0.05) is 76.5 Å². The minimum Gasteiger partial charge on any atom is -0.504 e. The molecule has 0 bridgehead atoms. The molecule has 0 aromatic heterocycles. The van der Waals surface area contributed by atoms with Gasteiger partial charge in [0.1, 0.15) is 5.78 Å². The predicted molar refractivity (Wildman–Crippen MR) is 133 cm³/mol. The normalized spacial score (nSPS) is 12.4. The molecule has 3 N–H and O–H groups in total. The molecule has 1 atom stereocenters. The van der Waals surface area contributed by atoms with Gasteiger partial charge < -0.3 is 15.3 Å². The highest BCUT2D eigenvalue weighted by atomic mass is 16.3. The van der Waals surface area contributed by atoms with Crippen LogP contribution in [0.3, 0.4) is 0 Å². The number of hydrogen-bond acceptors (Lipinski definition) is 4. The third kappa shape index (κ3) is 15.1. The van der Waals surface area contributed by atoms with Crippen molar-refractivity contribution in [3.05, 3.63) is 35.9 Å². The van der Waals surface area contributed by atoms with Crippen molar-refractivity contribution < 1.29 is 20.1 Å². The average Bonchev–Trinajstić information content (AvgIpc) is 2.77. The number of Topliss-reactive ketones (excluding diaryl/α,β-unsaturated/α-hetero) is 1. The van der Waals surface area contributed by atoms with Crippen molar-refractivity contribution in [3.8, 4) is 11.5 Å². The van der Waals surface area contributed by atoms with Crippen LogP contribution in [0.1, 0.15) is 115 Å². The van der Waals surface area contributed by atoms with E-state index >= 15 is 0 Å². The number of hydrogen-bond donors (Lipinski definition) is 3. The summed E-state index contributed by atoms with van der Waals surface area (Å²) in [5.74, 6) is -0.176. The lowest BCUT2D eigenvalue weighted by Gasteiger charge is -2.10. The number of ketones is 1. The first kappa shape index (κ1) is 28.2. The van der Waals surface area contributed by atoms with E-state index < -0.39 is 6.10 Å². The lowest BCUT2D eigenvalue weighted by atomic mass is 10.0. The van der Waals surface area contributed by atoms with Gasteiger partial charge in [0.15, 0.2) is 11.5 Å². The maximum atomic E-state index is 12.1.